The Bertz CT molecular complexity index is 1240. The number of benzene rings is 3. The highest BCUT2D eigenvalue weighted by molar-refractivity contribution is 6.42. The van der Waals surface area contributed by atoms with E-state index in [4.69, 9.17) is 32.7 Å². The minimum absolute atomic E-state index is 0. The van der Waals surface area contributed by atoms with Gasteiger partial charge in [-0.3, -0.25) is 14.5 Å². The summed E-state index contributed by atoms with van der Waals surface area (Å²) < 4.78 is 11.2. The smallest absolute Gasteiger partial charge is 0.302 e. The maximum absolute atomic E-state index is 11.4. The molecule has 10 heteroatoms. The van der Waals surface area contributed by atoms with Crippen molar-refractivity contribution in [1.82, 2.24) is 10.2 Å². The summed E-state index contributed by atoms with van der Waals surface area (Å²) >= 11 is 12.5. The average Bonchev–Trinajstić information content (AvgIpc) is 3.03. The lowest BCUT2D eigenvalue weighted by Crippen LogP contribution is -2.43. The number of halogens is 3. The van der Waals surface area contributed by atoms with E-state index in [9.17, 15) is 14.7 Å². The molecule has 234 valence electrons. The van der Waals surface area contributed by atoms with E-state index in [1.54, 1.807) is 25.2 Å². The third-order valence-corrected chi connectivity index (χ3v) is 7.85. The number of ether oxygens (including phenoxy) is 2. The van der Waals surface area contributed by atoms with Crippen LogP contribution >= 0.6 is 35.6 Å². The first-order valence-corrected chi connectivity index (χ1v) is 15.0. The Morgan fingerprint density at radius 2 is 1.51 bits per heavy atom. The number of carbonyl (C=O) groups excluding carboxylic acids is 2. The van der Waals surface area contributed by atoms with Crippen molar-refractivity contribution < 1.29 is 24.2 Å². The Morgan fingerprint density at radius 1 is 0.884 bits per heavy atom. The fourth-order valence-electron chi connectivity index (χ4n) is 4.92. The monoisotopic (exact) mass is 650 g/mol. The Kier molecular flexibility index (Phi) is 16.6. The minimum atomic E-state index is -0.671. The predicted octanol–water partition coefficient (Wildman–Crippen LogP) is 7.06. The second-order valence-corrected chi connectivity index (χ2v) is 10.9. The van der Waals surface area contributed by atoms with Gasteiger partial charge in [0.15, 0.2) is 0 Å². The van der Waals surface area contributed by atoms with Gasteiger partial charge >= 0.3 is 5.97 Å². The number of esters is 1. The van der Waals surface area contributed by atoms with Gasteiger partial charge in [-0.15, -0.1) is 12.4 Å². The van der Waals surface area contributed by atoms with E-state index < -0.39 is 6.23 Å². The molecule has 1 aliphatic rings. The van der Waals surface area contributed by atoms with E-state index in [2.05, 4.69) is 10.2 Å². The van der Waals surface area contributed by atoms with Gasteiger partial charge < -0.3 is 19.9 Å². The minimum Gasteiger partial charge on any atom is -0.463 e. The van der Waals surface area contributed by atoms with Crippen molar-refractivity contribution in [2.75, 3.05) is 33.4 Å². The number of hydrogen-bond acceptors (Lipinski definition) is 6. The van der Waals surface area contributed by atoms with Gasteiger partial charge in [0.2, 0.25) is 0 Å². The van der Waals surface area contributed by atoms with Crippen LogP contribution in [0.15, 0.2) is 78.9 Å². The summed E-state index contributed by atoms with van der Waals surface area (Å²) in [7, 11) is 1.62. The first-order chi connectivity index (χ1) is 20.3. The highest BCUT2D eigenvalue weighted by Gasteiger charge is 2.31. The topological polar surface area (TPSA) is 88.1 Å². The van der Waals surface area contributed by atoms with E-state index in [0.29, 0.717) is 22.0 Å². The highest BCUT2D eigenvalue weighted by atomic mass is 35.5. The number of rotatable bonds is 11. The van der Waals surface area contributed by atoms with Crippen LogP contribution in [0.1, 0.15) is 66.1 Å². The molecule has 1 fully saturated rings. The molecule has 0 aromatic heterocycles. The van der Waals surface area contributed by atoms with Gasteiger partial charge in [-0.2, -0.15) is 0 Å². The van der Waals surface area contributed by atoms with Gasteiger partial charge in [0.25, 0.3) is 5.91 Å². The van der Waals surface area contributed by atoms with E-state index in [1.165, 1.54) is 13.3 Å². The summed E-state index contributed by atoms with van der Waals surface area (Å²) in [5, 5.41) is 14.9. The van der Waals surface area contributed by atoms with Crippen molar-refractivity contribution in [3.63, 3.8) is 0 Å². The number of aliphatic hydroxyl groups excluding tert-OH is 1. The maximum atomic E-state index is 11.4. The maximum Gasteiger partial charge on any atom is 0.302 e. The molecular formula is C33H41Cl3N2O5. The van der Waals surface area contributed by atoms with Gasteiger partial charge in [0.1, 0.15) is 12.8 Å². The van der Waals surface area contributed by atoms with E-state index >= 15 is 0 Å². The van der Waals surface area contributed by atoms with Gasteiger partial charge in [-0.25, -0.2) is 0 Å². The summed E-state index contributed by atoms with van der Waals surface area (Å²) in [5.74, 6) is -0.610. The molecule has 4 rings (SSSR count). The molecule has 3 aromatic carbocycles. The van der Waals surface area contributed by atoms with E-state index in [0.717, 1.165) is 37.1 Å². The molecule has 1 saturated heterocycles. The molecule has 3 atom stereocenters. The fourth-order valence-corrected chi connectivity index (χ4v) is 5.23. The van der Waals surface area contributed by atoms with Crippen LogP contribution in [0.25, 0.3) is 0 Å². The van der Waals surface area contributed by atoms with Crippen molar-refractivity contribution in [1.29, 1.82) is 0 Å². The van der Waals surface area contributed by atoms with Crippen LogP contribution in [0.4, 0.5) is 0 Å². The van der Waals surface area contributed by atoms with Gasteiger partial charge in [-0.05, 0) is 54.7 Å². The number of carbonyl (C=O) groups is 2. The third kappa shape index (κ3) is 12.1. The molecule has 7 nitrogen and oxygen atoms in total. The van der Waals surface area contributed by atoms with E-state index in [-0.39, 0.29) is 49.5 Å². The number of amides is 1. The SMILES string of the molecule is CC(=O)OCCOC(CC(c1ccc(Cl)c(Cl)c1)C(O)N1CCCCC1)c1ccccc1.CNC(=O)c1ccccc1.Cl. The zero-order valence-electron chi connectivity index (χ0n) is 24.6. The van der Waals surface area contributed by atoms with Crippen LogP contribution in [0.3, 0.4) is 0 Å². The molecule has 0 bridgehead atoms. The Labute approximate surface area is 270 Å². The summed E-state index contributed by atoms with van der Waals surface area (Å²) in [6.45, 7) is 3.56. The van der Waals surface area contributed by atoms with Gasteiger partial charge in [-0.1, -0.05) is 84.2 Å². The van der Waals surface area contributed by atoms with Crippen LogP contribution in [-0.2, 0) is 14.3 Å². The number of likely N-dealkylation sites (tertiary alicyclic amines) is 1. The molecule has 0 aliphatic carbocycles. The van der Waals surface area contributed by atoms with Crippen molar-refractivity contribution >= 4 is 47.5 Å². The Balaban J connectivity index is 0.000000498. The lowest BCUT2D eigenvalue weighted by molar-refractivity contribution is -0.143. The summed E-state index contributed by atoms with van der Waals surface area (Å²) in [6.07, 6.45) is 2.92. The zero-order chi connectivity index (χ0) is 30.3. The lowest BCUT2D eigenvalue weighted by Gasteiger charge is -2.37. The predicted molar refractivity (Wildman–Crippen MR) is 174 cm³/mol. The van der Waals surface area contributed by atoms with Crippen LogP contribution in [0.2, 0.25) is 10.0 Å². The molecule has 1 aliphatic heterocycles. The molecule has 43 heavy (non-hydrogen) atoms. The molecule has 1 heterocycles. The molecule has 0 spiro atoms. The van der Waals surface area contributed by atoms with Crippen LogP contribution < -0.4 is 5.32 Å². The van der Waals surface area contributed by atoms with Crippen molar-refractivity contribution in [3.8, 4) is 0 Å². The van der Waals surface area contributed by atoms with Crippen molar-refractivity contribution in [2.24, 2.45) is 0 Å². The summed E-state index contributed by atoms with van der Waals surface area (Å²) in [4.78, 5) is 24.1. The molecular weight excluding hydrogens is 611 g/mol. The second-order valence-electron chi connectivity index (χ2n) is 10.1. The van der Waals surface area contributed by atoms with Crippen molar-refractivity contribution in [2.45, 2.75) is 50.9 Å². The first kappa shape index (κ1) is 36.5. The lowest BCUT2D eigenvalue weighted by atomic mass is 9.88. The molecule has 0 radical (unpaired) electrons. The van der Waals surface area contributed by atoms with Crippen molar-refractivity contribution in [3.05, 3.63) is 106 Å². The average molecular weight is 652 g/mol. The summed E-state index contributed by atoms with van der Waals surface area (Å²) in [6, 6.07) is 24.5. The second kappa shape index (κ2) is 19.6. The van der Waals surface area contributed by atoms with Crippen LogP contribution in [0.5, 0.6) is 0 Å². The van der Waals surface area contributed by atoms with Crippen LogP contribution in [-0.4, -0.2) is 61.5 Å². The summed E-state index contributed by atoms with van der Waals surface area (Å²) in [5.41, 5.74) is 2.62. The van der Waals surface area contributed by atoms with Crippen LogP contribution in [0, 0.1) is 0 Å². The third-order valence-electron chi connectivity index (χ3n) is 7.11. The van der Waals surface area contributed by atoms with E-state index in [1.807, 2.05) is 60.7 Å². The van der Waals surface area contributed by atoms with Gasteiger partial charge in [0.05, 0.1) is 22.8 Å². The first-order valence-electron chi connectivity index (χ1n) is 14.2. The number of nitrogens with one attached hydrogen (secondary N) is 1. The Hall–Kier alpha value is -2.65. The number of hydrogen-bond donors (Lipinski definition) is 2. The Morgan fingerprint density at radius 3 is 2.09 bits per heavy atom. The molecule has 2 N–H and O–H groups in total. The number of nitrogens with zero attached hydrogens (tertiary/aromatic N) is 1. The zero-order valence-corrected chi connectivity index (χ0v) is 26.9. The normalized spacial score (nSPS) is 15.1. The standard InChI is InChI=1S/C25H31Cl2NO4.C8H9NO.ClH/c1-18(29)31-14-15-32-24(19-8-4-2-5-9-19)17-21(20-10-11-22(26)23(27)16-20)25(30)28-12-6-3-7-13-28;1-9-8(10)7-5-3-2-4-6-7;/h2,4-5,8-11,16,21,24-25,30H,3,6-7,12-15,17H2,1H3;2-6H,1H3,(H,9,10);1H. The quantitative estimate of drug-likeness (QED) is 0.171. The molecule has 3 aromatic rings. The number of aliphatic hydroxyl groups is 1. The number of piperidine rings is 1. The molecule has 0 saturated carbocycles. The largest absolute Gasteiger partial charge is 0.463 e. The molecule has 1 amide bonds. The highest BCUT2D eigenvalue weighted by Crippen LogP contribution is 2.37. The van der Waals surface area contributed by atoms with Gasteiger partial charge in [0, 0.05) is 38.5 Å². The molecule has 3 unspecified atom stereocenters. The fraction of sp³-hybridized carbons (Fsp3) is 0.394.